The van der Waals surface area contributed by atoms with Crippen molar-refractivity contribution in [1.29, 1.82) is 0 Å². The van der Waals surface area contributed by atoms with Crippen LogP contribution in [0, 0.1) is 0 Å². The van der Waals surface area contributed by atoms with Gasteiger partial charge >= 0.3 is 0 Å². The summed E-state index contributed by atoms with van der Waals surface area (Å²) in [6.07, 6.45) is 4.41. The van der Waals surface area contributed by atoms with Crippen LogP contribution in [0.15, 0.2) is 91.0 Å². The van der Waals surface area contributed by atoms with E-state index in [1.807, 2.05) is 24.3 Å². The Morgan fingerprint density at radius 2 is 1.15 bits per heavy atom. The molecule has 5 rings (SSSR count). The highest BCUT2D eigenvalue weighted by atomic mass is 14.8. The second-order valence-corrected chi connectivity index (χ2v) is 6.67. The van der Waals surface area contributed by atoms with Gasteiger partial charge < -0.3 is 0 Å². The van der Waals surface area contributed by atoms with Crippen molar-refractivity contribution in [3.63, 3.8) is 0 Å². The second-order valence-electron chi connectivity index (χ2n) is 6.67. The molecule has 1 aliphatic carbocycles. The summed E-state index contributed by atoms with van der Waals surface area (Å²) in [4.78, 5) is 9.91. The summed E-state index contributed by atoms with van der Waals surface area (Å²) in [6, 6.07) is 29.4. The molecule has 3 aromatic carbocycles. The van der Waals surface area contributed by atoms with Crippen molar-refractivity contribution in [2.75, 3.05) is 0 Å². The highest BCUT2D eigenvalue weighted by molar-refractivity contribution is 5.77. The Kier molecular flexibility index (Phi) is 3.60. The van der Waals surface area contributed by atoms with Crippen LogP contribution in [0.1, 0.15) is 34.4 Å². The number of rotatable bonds is 2. The van der Waals surface area contributed by atoms with Gasteiger partial charge in [-0.2, -0.15) is 0 Å². The zero-order valence-corrected chi connectivity index (χ0v) is 14.3. The van der Waals surface area contributed by atoms with E-state index in [0.29, 0.717) is 0 Å². The van der Waals surface area contributed by atoms with Gasteiger partial charge in [0.2, 0.25) is 0 Å². The first-order valence-corrected chi connectivity index (χ1v) is 8.95. The number of nitrogens with zero attached hydrogens (tertiary/aromatic N) is 2. The SMILES string of the molecule is C1=CC(c2ccccc2)C(c2ccccc2)c2nc3ccccc3nc21. The molecule has 0 saturated carbocycles. The molecule has 2 heteroatoms. The van der Waals surface area contributed by atoms with E-state index in [1.54, 1.807) is 0 Å². The predicted molar refractivity (Wildman–Crippen MR) is 106 cm³/mol. The summed E-state index contributed by atoms with van der Waals surface area (Å²) in [5, 5.41) is 0. The molecule has 0 saturated heterocycles. The molecule has 0 amide bonds. The van der Waals surface area contributed by atoms with E-state index in [2.05, 4.69) is 72.8 Å². The van der Waals surface area contributed by atoms with Crippen molar-refractivity contribution >= 4 is 17.1 Å². The van der Waals surface area contributed by atoms with Gasteiger partial charge in [-0.05, 0) is 29.3 Å². The Morgan fingerprint density at radius 3 is 1.85 bits per heavy atom. The average molecular weight is 334 g/mol. The third-order valence-corrected chi connectivity index (χ3v) is 5.08. The molecule has 2 atom stereocenters. The number of benzene rings is 3. The lowest BCUT2D eigenvalue weighted by Gasteiger charge is -2.29. The van der Waals surface area contributed by atoms with E-state index in [9.17, 15) is 0 Å². The van der Waals surface area contributed by atoms with Crippen LogP contribution >= 0.6 is 0 Å². The van der Waals surface area contributed by atoms with E-state index in [0.717, 1.165) is 22.4 Å². The van der Waals surface area contributed by atoms with Crippen LogP contribution < -0.4 is 0 Å². The third-order valence-electron chi connectivity index (χ3n) is 5.08. The van der Waals surface area contributed by atoms with Gasteiger partial charge in [0.05, 0.1) is 22.4 Å². The zero-order valence-electron chi connectivity index (χ0n) is 14.3. The highest BCUT2D eigenvalue weighted by Gasteiger charge is 2.31. The minimum atomic E-state index is 0.163. The van der Waals surface area contributed by atoms with Crippen molar-refractivity contribution in [1.82, 2.24) is 9.97 Å². The van der Waals surface area contributed by atoms with Crippen LogP contribution in [0.5, 0.6) is 0 Å². The van der Waals surface area contributed by atoms with Crippen LogP contribution in [0.2, 0.25) is 0 Å². The minimum Gasteiger partial charge on any atom is -0.248 e. The highest BCUT2D eigenvalue weighted by Crippen LogP contribution is 2.43. The van der Waals surface area contributed by atoms with E-state index in [-0.39, 0.29) is 11.8 Å². The van der Waals surface area contributed by atoms with Crippen molar-refractivity contribution in [3.05, 3.63) is 114 Å². The monoisotopic (exact) mass is 334 g/mol. The number of allylic oxidation sites excluding steroid dienone is 1. The van der Waals surface area contributed by atoms with Crippen LogP contribution in [-0.2, 0) is 0 Å². The number of hydrogen-bond acceptors (Lipinski definition) is 2. The molecular weight excluding hydrogens is 316 g/mol. The molecule has 0 bridgehead atoms. The normalized spacial score (nSPS) is 18.6. The molecule has 0 radical (unpaired) electrons. The van der Waals surface area contributed by atoms with Gasteiger partial charge in [0.15, 0.2) is 0 Å². The van der Waals surface area contributed by atoms with Gasteiger partial charge in [0, 0.05) is 11.8 Å². The van der Waals surface area contributed by atoms with E-state index in [1.165, 1.54) is 11.1 Å². The number of para-hydroxylation sites is 2. The quantitative estimate of drug-likeness (QED) is 0.479. The molecule has 0 N–H and O–H groups in total. The minimum absolute atomic E-state index is 0.163. The number of aromatic nitrogens is 2. The van der Waals surface area contributed by atoms with Crippen molar-refractivity contribution in [2.24, 2.45) is 0 Å². The van der Waals surface area contributed by atoms with E-state index in [4.69, 9.17) is 9.97 Å². The largest absolute Gasteiger partial charge is 0.248 e. The molecule has 0 spiro atoms. The van der Waals surface area contributed by atoms with Gasteiger partial charge in [-0.25, -0.2) is 9.97 Å². The predicted octanol–water partition coefficient (Wildman–Crippen LogP) is 5.57. The van der Waals surface area contributed by atoms with Gasteiger partial charge in [-0.1, -0.05) is 78.9 Å². The van der Waals surface area contributed by atoms with Gasteiger partial charge in [-0.3, -0.25) is 0 Å². The summed E-state index contributed by atoms with van der Waals surface area (Å²) < 4.78 is 0. The molecule has 26 heavy (non-hydrogen) atoms. The molecule has 2 nitrogen and oxygen atoms in total. The molecule has 0 aliphatic heterocycles. The molecule has 0 fully saturated rings. The molecule has 124 valence electrons. The smallest absolute Gasteiger partial charge is 0.0894 e. The van der Waals surface area contributed by atoms with Crippen molar-refractivity contribution < 1.29 is 0 Å². The summed E-state index contributed by atoms with van der Waals surface area (Å²) in [7, 11) is 0. The number of fused-ring (bicyclic) bond motifs is 2. The number of hydrogen-bond donors (Lipinski definition) is 0. The Balaban J connectivity index is 1.75. The summed E-state index contributed by atoms with van der Waals surface area (Å²) in [6.45, 7) is 0. The Hall–Kier alpha value is -3.26. The van der Waals surface area contributed by atoms with Crippen LogP contribution in [0.4, 0.5) is 0 Å². The fourth-order valence-electron chi connectivity index (χ4n) is 3.86. The lowest BCUT2D eigenvalue weighted by molar-refractivity contribution is 0.683. The molecule has 2 unspecified atom stereocenters. The summed E-state index contributed by atoms with van der Waals surface area (Å²) in [5.41, 5.74) is 6.51. The fraction of sp³-hybridized carbons (Fsp3) is 0.0833. The topological polar surface area (TPSA) is 25.8 Å². The second kappa shape index (κ2) is 6.23. The van der Waals surface area contributed by atoms with Crippen LogP contribution in [0.25, 0.3) is 17.1 Å². The maximum atomic E-state index is 5.04. The first kappa shape index (κ1) is 15.0. The first-order valence-electron chi connectivity index (χ1n) is 8.95. The van der Waals surface area contributed by atoms with Crippen LogP contribution in [0.3, 0.4) is 0 Å². The Morgan fingerprint density at radius 1 is 0.577 bits per heavy atom. The summed E-state index contributed by atoms with van der Waals surface area (Å²) >= 11 is 0. The standard InChI is InChI=1S/C24H18N2/c1-3-9-17(10-4-1)19-15-16-22-24(23(19)18-11-5-2-6-12-18)26-21-14-8-7-13-20(21)25-22/h1-16,19,23H. The molecule has 1 aliphatic rings. The maximum Gasteiger partial charge on any atom is 0.0894 e. The lowest BCUT2D eigenvalue weighted by Crippen LogP contribution is -2.18. The van der Waals surface area contributed by atoms with Gasteiger partial charge in [-0.15, -0.1) is 0 Å². The lowest BCUT2D eigenvalue weighted by atomic mass is 9.76. The van der Waals surface area contributed by atoms with Gasteiger partial charge in [0.25, 0.3) is 0 Å². The van der Waals surface area contributed by atoms with E-state index >= 15 is 0 Å². The average Bonchev–Trinajstić information content (AvgIpc) is 2.72. The third kappa shape index (κ3) is 2.51. The van der Waals surface area contributed by atoms with E-state index < -0.39 is 0 Å². The molecule has 1 aromatic heterocycles. The van der Waals surface area contributed by atoms with Crippen molar-refractivity contribution in [2.45, 2.75) is 11.8 Å². The molecular formula is C24H18N2. The Bertz CT molecular complexity index is 1080. The summed E-state index contributed by atoms with van der Waals surface area (Å²) in [5.74, 6) is 0.414. The fourth-order valence-corrected chi connectivity index (χ4v) is 3.86. The zero-order chi connectivity index (χ0) is 17.3. The van der Waals surface area contributed by atoms with Crippen molar-refractivity contribution in [3.8, 4) is 0 Å². The first-order chi connectivity index (χ1) is 12.9. The Labute approximate surface area is 152 Å². The van der Waals surface area contributed by atoms with Gasteiger partial charge in [0.1, 0.15) is 0 Å². The molecule has 4 aromatic rings. The van der Waals surface area contributed by atoms with Crippen LogP contribution in [-0.4, -0.2) is 9.97 Å². The maximum absolute atomic E-state index is 5.04. The molecule has 1 heterocycles.